The average molecular weight is 335 g/mol. The molecule has 0 unspecified atom stereocenters. The third-order valence-corrected chi connectivity index (χ3v) is 4.15. The van der Waals surface area contributed by atoms with Crippen LogP contribution in [0.4, 0.5) is 4.79 Å². The van der Waals surface area contributed by atoms with Crippen LogP contribution in [-0.2, 0) is 6.54 Å². The van der Waals surface area contributed by atoms with Crippen molar-refractivity contribution in [1.29, 1.82) is 5.26 Å². The smallest absolute Gasteiger partial charge is 0.407 e. The Morgan fingerprint density at radius 1 is 1.43 bits per heavy atom. The van der Waals surface area contributed by atoms with Gasteiger partial charge in [-0.25, -0.2) is 4.79 Å². The second-order valence-corrected chi connectivity index (χ2v) is 5.53. The maximum Gasteiger partial charge on any atom is 0.407 e. The number of hydrogen-bond acceptors (Lipinski definition) is 3. The number of piperazine rings is 1. The molecule has 0 bridgehead atoms. The number of halogens is 1. The van der Waals surface area contributed by atoms with Crippen molar-refractivity contribution in [2.45, 2.75) is 19.0 Å². The van der Waals surface area contributed by atoms with Crippen LogP contribution >= 0.6 is 12.4 Å². The van der Waals surface area contributed by atoms with E-state index in [1.54, 1.807) is 0 Å². The van der Waals surface area contributed by atoms with Crippen LogP contribution < -0.4 is 5.32 Å². The quantitative estimate of drug-likeness (QED) is 0.902. The van der Waals surface area contributed by atoms with Gasteiger partial charge in [0, 0.05) is 49.3 Å². The summed E-state index contributed by atoms with van der Waals surface area (Å²) >= 11 is 0. The molecule has 1 aliphatic heterocycles. The predicted molar refractivity (Wildman–Crippen MR) is 89.9 cm³/mol. The van der Waals surface area contributed by atoms with Gasteiger partial charge in [0.15, 0.2) is 0 Å². The molecule has 0 radical (unpaired) electrons. The summed E-state index contributed by atoms with van der Waals surface area (Å²) in [5.74, 6) is 0. The topological polar surface area (TPSA) is 81.3 Å². The van der Waals surface area contributed by atoms with Crippen LogP contribution in [0.25, 0.3) is 10.9 Å². The van der Waals surface area contributed by atoms with Gasteiger partial charge in [-0.15, -0.1) is 12.4 Å². The standard InChI is InChI=1S/C16H18N4O2.ClH/c17-9-12-10-19(15-4-2-1-3-14(12)15)7-5-13-11-20(16(21)22)8-6-18-13;/h1-4,10,13,18H,5-8,11H2,(H,21,22);1H/t13-;/m1./s1. The second kappa shape index (κ2) is 7.36. The molecule has 6 nitrogen and oxygen atoms in total. The van der Waals surface area contributed by atoms with Crippen molar-refractivity contribution in [3.05, 3.63) is 36.0 Å². The van der Waals surface area contributed by atoms with E-state index in [1.807, 2.05) is 30.5 Å². The van der Waals surface area contributed by atoms with Crippen molar-refractivity contribution in [1.82, 2.24) is 14.8 Å². The number of aromatic nitrogens is 1. The lowest BCUT2D eigenvalue weighted by Crippen LogP contribution is -2.52. The van der Waals surface area contributed by atoms with Crippen LogP contribution in [0.1, 0.15) is 12.0 Å². The minimum absolute atomic E-state index is 0. The zero-order valence-corrected chi connectivity index (χ0v) is 13.4. The molecule has 3 rings (SSSR count). The largest absolute Gasteiger partial charge is 0.465 e. The molecule has 1 aromatic carbocycles. The van der Waals surface area contributed by atoms with Crippen molar-refractivity contribution < 1.29 is 9.90 Å². The van der Waals surface area contributed by atoms with E-state index in [0.717, 1.165) is 23.9 Å². The molecule has 2 N–H and O–H groups in total. The molecule has 2 heterocycles. The van der Waals surface area contributed by atoms with Gasteiger partial charge in [0.25, 0.3) is 0 Å². The van der Waals surface area contributed by atoms with Gasteiger partial charge in [-0.2, -0.15) is 5.26 Å². The van der Waals surface area contributed by atoms with E-state index in [2.05, 4.69) is 16.0 Å². The Balaban J connectivity index is 0.00000192. The molecule has 7 heteroatoms. The fourth-order valence-corrected chi connectivity index (χ4v) is 3.01. The Morgan fingerprint density at radius 3 is 2.96 bits per heavy atom. The first-order valence-electron chi connectivity index (χ1n) is 7.38. The first-order chi connectivity index (χ1) is 10.7. The Labute approximate surface area is 140 Å². The lowest BCUT2D eigenvalue weighted by Gasteiger charge is -2.31. The molecule has 0 aliphatic carbocycles. The lowest BCUT2D eigenvalue weighted by molar-refractivity contribution is 0.127. The summed E-state index contributed by atoms with van der Waals surface area (Å²) in [6, 6.07) is 10.2. The van der Waals surface area contributed by atoms with Crippen molar-refractivity contribution >= 4 is 29.4 Å². The fourth-order valence-electron chi connectivity index (χ4n) is 3.01. The molecule has 1 atom stereocenters. The van der Waals surface area contributed by atoms with Crippen LogP contribution in [0.5, 0.6) is 0 Å². The summed E-state index contributed by atoms with van der Waals surface area (Å²) in [7, 11) is 0. The van der Waals surface area contributed by atoms with Crippen molar-refractivity contribution in [3.63, 3.8) is 0 Å². The van der Waals surface area contributed by atoms with Crippen molar-refractivity contribution in [2.75, 3.05) is 19.6 Å². The first kappa shape index (κ1) is 17.1. The maximum atomic E-state index is 11.0. The highest BCUT2D eigenvalue weighted by atomic mass is 35.5. The van der Waals surface area contributed by atoms with Gasteiger partial charge < -0.3 is 19.9 Å². The molecule has 1 aromatic heterocycles. The molecule has 23 heavy (non-hydrogen) atoms. The van der Waals surface area contributed by atoms with Gasteiger partial charge in [-0.05, 0) is 12.5 Å². The Hall–Kier alpha value is -2.23. The highest BCUT2D eigenvalue weighted by Crippen LogP contribution is 2.21. The highest BCUT2D eigenvalue weighted by molar-refractivity contribution is 5.86. The first-order valence-corrected chi connectivity index (χ1v) is 7.38. The number of nitriles is 1. The number of para-hydroxylation sites is 1. The molecule has 1 aliphatic rings. The van der Waals surface area contributed by atoms with Crippen LogP contribution in [-0.4, -0.2) is 46.3 Å². The number of carbonyl (C=O) groups is 1. The van der Waals surface area contributed by atoms with Crippen molar-refractivity contribution in [2.24, 2.45) is 0 Å². The summed E-state index contributed by atoms with van der Waals surface area (Å²) in [5, 5.41) is 22.6. The van der Waals surface area contributed by atoms with E-state index in [-0.39, 0.29) is 18.4 Å². The molecule has 0 spiro atoms. The molecule has 1 amide bonds. The Morgan fingerprint density at radius 2 is 2.22 bits per heavy atom. The summed E-state index contributed by atoms with van der Waals surface area (Å²) < 4.78 is 2.08. The van der Waals surface area contributed by atoms with Gasteiger partial charge in [-0.3, -0.25) is 0 Å². The number of amides is 1. The number of fused-ring (bicyclic) bond motifs is 1. The van der Waals surface area contributed by atoms with Gasteiger partial charge in [0.2, 0.25) is 0 Å². The molecular formula is C16H19ClN4O2. The fraction of sp³-hybridized carbons (Fsp3) is 0.375. The predicted octanol–water partition coefficient (Wildman–Crippen LogP) is 2.28. The lowest BCUT2D eigenvalue weighted by atomic mass is 10.1. The monoisotopic (exact) mass is 334 g/mol. The molecule has 1 fully saturated rings. The minimum Gasteiger partial charge on any atom is -0.465 e. The summed E-state index contributed by atoms with van der Waals surface area (Å²) in [6.45, 7) is 2.50. The van der Waals surface area contributed by atoms with Gasteiger partial charge in [0.05, 0.1) is 5.56 Å². The Kier molecular flexibility index (Phi) is 5.48. The number of carboxylic acid groups (broad SMARTS) is 1. The average Bonchev–Trinajstić information content (AvgIpc) is 2.91. The maximum absolute atomic E-state index is 11.0. The van der Waals surface area contributed by atoms with E-state index in [4.69, 9.17) is 5.11 Å². The molecule has 1 saturated heterocycles. The summed E-state index contributed by atoms with van der Waals surface area (Å²) in [4.78, 5) is 12.5. The van der Waals surface area contributed by atoms with E-state index >= 15 is 0 Å². The van der Waals surface area contributed by atoms with Crippen LogP contribution in [0.3, 0.4) is 0 Å². The number of rotatable bonds is 3. The number of benzene rings is 1. The minimum atomic E-state index is -0.857. The van der Waals surface area contributed by atoms with Crippen molar-refractivity contribution in [3.8, 4) is 6.07 Å². The molecule has 122 valence electrons. The van der Waals surface area contributed by atoms with Crippen LogP contribution in [0.15, 0.2) is 30.5 Å². The SMILES string of the molecule is Cl.N#Cc1cn(CC[C@@H]2CN(C(=O)O)CCN2)c2ccccc12. The van der Waals surface area contributed by atoms with Gasteiger partial charge >= 0.3 is 6.09 Å². The number of aryl methyl sites for hydroxylation is 1. The highest BCUT2D eigenvalue weighted by Gasteiger charge is 2.22. The number of nitrogens with zero attached hydrogens (tertiary/aromatic N) is 3. The number of hydrogen-bond donors (Lipinski definition) is 2. The van der Waals surface area contributed by atoms with E-state index < -0.39 is 6.09 Å². The molecule has 2 aromatic rings. The summed E-state index contributed by atoms with van der Waals surface area (Å²) in [6.07, 6.45) is 1.85. The zero-order chi connectivity index (χ0) is 15.5. The van der Waals surface area contributed by atoms with E-state index in [0.29, 0.717) is 25.2 Å². The second-order valence-electron chi connectivity index (χ2n) is 5.53. The van der Waals surface area contributed by atoms with E-state index in [1.165, 1.54) is 4.90 Å². The third kappa shape index (κ3) is 3.58. The van der Waals surface area contributed by atoms with Crippen LogP contribution in [0, 0.1) is 11.3 Å². The normalized spacial score (nSPS) is 17.5. The van der Waals surface area contributed by atoms with Gasteiger partial charge in [-0.1, -0.05) is 18.2 Å². The summed E-state index contributed by atoms with van der Waals surface area (Å²) in [5.41, 5.74) is 1.73. The molecule has 0 saturated carbocycles. The third-order valence-electron chi connectivity index (χ3n) is 4.15. The zero-order valence-electron chi connectivity index (χ0n) is 12.6. The van der Waals surface area contributed by atoms with Crippen LogP contribution in [0.2, 0.25) is 0 Å². The van der Waals surface area contributed by atoms with Gasteiger partial charge in [0.1, 0.15) is 6.07 Å². The molecular weight excluding hydrogens is 316 g/mol. The number of nitrogens with one attached hydrogen (secondary N) is 1. The van der Waals surface area contributed by atoms with E-state index in [9.17, 15) is 10.1 Å². The Bertz CT molecular complexity index is 737.